The molecule has 176 valence electrons. The number of nitrogens with zero attached hydrogens (tertiary/aromatic N) is 2. The molecule has 0 saturated carbocycles. The van der Waals surface area contributed by atoms with Crippen LogP contribution in [-0.4, -0.2) is 67.3 Å². The predicted molar refractivity (Wildman–Crippen MR) is 129 cm³/mol. The maximum atomic E-state index is 12.2. The Labute approximate surface area is 195 Å². The summed E-state index contributed by atoms with van der Waals surface area (Å²) in [6.07, 6.45) is 2.78. The van der Waals surface area contributed by atoms with Crippen LogP contribution in [0.5, 0.6) is 5.75 Å². The van der Waals surface area contributed by atoms with Gasteiger partial charge in [0.15, 0.2) is 0 Å². The fraction of sp³-hybridized carbons (Fsp3) is 0.440. The molecule has 1 spiro atoms. The summed E-state index contributed by atoms with van der Waals surface area (Å²) in [5, 5.41) is 11.6. The van der Waals surface area contributed by atoms with Gasteiger partial charge in [0.2, 0.25) is 10.0 Å². The fourth-order valence-corrected chi connectivity index (χ4v) is 6.60. The van der Waals surface area contributed by atoms with Gasteiger partial charge in [0.05, 0.1) is 26.0 Å². The maximum Gasteiger partial charge on any atom is 0.211 e. The molecule has 0 bridgehead atoms. The summed E-state index contributed by atoms with van der Waals surface area (Å²) in [6.45, 7) is 2.52. The number of ether oxygens (including phenoxy) is 1. The highest BCUT2D eigenvalue weighted by molar-refractivity contribution is 7.88. The second kappa shape index (κ2) is 8.43. The van der Waals surface area contributed by atoms with Crippen molar-refractivity contribution in [3.8, 4) is 5.75 Å². The SMILES string of the molecule is COc1ccc2c3c([nH]c2c1)[C@@H](CO)N(Cc1ccccc1)CC31CCN(S(C)(=O)=O)CC1. The van der Waals surface area contributed by atoms with E-state index >= 15 is 0 Å². The van der Waals surface area contributed by atoms with Crippen molar-refractivity contribution in [3.63, 3.8) is 0 Å². The van der Waals surface area contributed by atoms with E-state index in [2.05, 4.69) is 28.1 Å². The van der Waals surface area contributed by atoms with E-state index < -0.39 is 10.0 Å². The van der Waals surface area contributed by atoms with Crippen LogP contribution in [0, 0.1) is 0 Å². The molecule has 7 nitrogen and oxygen atoms in total. The second-order valence-electron chi connectivity index (χ2n) is 9.36. The smallest absolute Gasteiger partial charge is 0.211 e. The lowest BCUT2D eigenvalue weighted by Crippen LogP contribution is -2.54. The third-order valence-corrected chi connectivity index (χ3v) is 8.70. The molecule has 1 aromatic heterocycles. The Hall–Kier alpha value is -2.39. The number of rotatable bonds is 5. The number of sulfonamides is 1. The Kier molecular flexibility index (Phi) is 5.73. The molecule has 2 aliphatic heterocycles. The highest BCUT2D eigenvalue weighted by atomic mass is 32.2. The molecule has 2 aliphatic rings. The highest BCUT2D eigenvalue weighted by Crippen LogP contribution is 2.49. The first-order valence-electron chi connectivity index (χ1n) is 11.4. The second-order valence-corrected chi connectivity index (χ2v) is 11.3. The molecule has 1 fully saturated rings. The van der Waals surface area contributed by atoms with E-state index in [1.54, 1.807) is 11.4 Å². The van der Waals surface area contributed by atoms with Gasteiger partial charge in [0.1, 0.15) is 5.75 Å². The minimum absolute atomic E-state index is 0.00926. The lowest BCUT2D eigenvalue weighted by atomic mass is 9.68. The Morgan fingerprint density at radius 1 is 1.15 bits per heavy atom. The van der Waals surface area contributed by atoms with Crippen LogP contribution in [0.1, 0.15) is 35.7 Å². The van der Waals surface area contributed by atoms with Crippen molar-refractivity contribution in [2.75, 3.05) is 39.6 Å². The van der Waals surface area contributed by atoms with Crippen LogP contribution in [0.25, 0.3) is 10.9 Å². The molecular weight excluding hydrogens is 438 g/mol. The van der Waals surface area contributed by atoms with Gasteiger partial charge in [-0.2, -0.15) is 0 Å². The normalized spacial score (nSPS) is 21.4. The molecule has 0 aliphatic carbocycles. The predicted octanol–water partition coefficient (Wildman–Crippen LogP) is 3.02. The van der Waals surface area contributed by atoms with E-state index in [-0.39, 0.29) is 18.1 Å². The number of aliphatic hydroxyl groups is 1. The van der Waals surface area contributed by atoms with Crippen LogP contribution in [0.3, 0.4) is 0 Å². The van der Waals surface area contributed by atoms with Crippen LogP contribution < -0.4 is 4.74 Å². The minimum Gasteiger partial charge on any atom is -0.497 e. The molecular formula is C25H31N3O4S. The Balaban J connectivity index is 1.62. The number of H-pyrrole nitrogens is 1. The van der Waals surface area contributed by atoms with Gasteiger partial charge in [-0.3, -0.25) is 4.90 Å². The lowest BCUT2D eigenvalue weighted by molar-refractivity contribution is 0.0536. The number of hydrogen-bond acceptors (Lipinski definition) is 5. The fourth-order valence-electron chi connectivity index (χ4n) is 5.75. The Morgan fingerprint density at radius 2 is 1.88 bits per heavy atom. The first-order valence-corrected chi connectivity index (χ1v) is 13.2. The average molecular weight is 470 g/mol. The quantitative estimate of drug-likeness (QED) is 0.600. The number of nitrogens with one attached hydrogen (secondary N) is 1. The van der Waals surface area contributed by atoms with E-state index in [1.165, 1.54) is 17.4 Å². The summed E-state index contributed by atoms with van der Waals surface area (Å²) in [5.74, 6) is 0.781. The standard InChI is InChI=1S/C25H31N3O4S/c1-32-19-8-9-20-21(14-19)26-24-22(16-29)27(15-18-6-4-3-5-7-18)17-25(23(20)24)10-12-28(13-11-25)33(2,30)31/h3-9,14,22,26,29H,10-13,15-17H2,1-2H3/t22-/m1/s1. The number of aromatic amines is 1. The number of aliphatic hydroxyl groups excluding tert-OH is 1. The zero-order chi connectivity index (χ0) is 23.2. The first kappa shape index (κ1) is 22.4. The van der Waals surface area contributed by atoms with Crippen LogP contribution in [0.2, 0.25) is 0 Å². The summed E-state index contributed by atoms with van der Waals surface area (Å²) in [6, 6.07) is 16.2. The molecule has 3 heterocycles. The van der Waals surface area contributed by atoms with Crippen molar-refractivity contribution in [2.24, 2.45) is 0 Å². The van der Waals surface area contributed by atoms with Gasteiger partial charge in [-0.1, -0.05) is 30.3 Å². The first-order chi connectivity index (χ1) is 15.8. The molecule has 33 heavy (non-hydrogen) atoms. The third-order valence-electron chi connectivity index (χ3n) is 7.39. The molecule has 0 unspecified atom stereocenters. The number of methoxy groups -OCH3 is 1. The molecule has 1 saturated heterocycles. The van der Waals surface area contributed by atoms with Crippen LogP contribution in [0.15, 0.2) is 48.5 Å². The lowest BCUT2D eigenvalue weighted by Gasteiger charge is -2.50. The molecule has 3 aromatic rings. The van der Waals surface area contributed by atoms with E-state index in [0.717, 1.165) is 48.3 Å². The van der Waals surface area contributed by atoms with Gasteiger partial charge in [-0.05, 0) is 36.1 Å². The molecule has 1 atom stereocenters. The van der Waals surface area contributed by atoms with Gasteiger partial charge in [0.25, 0.3) is 0 Å². The number of hydrogen-bond donors (Lipinski definition) is 2. The molecule has 0 radical (unpaired) electrons. The van der Waals surface area contributed by atoms with Crippen LogP contribution in [0.4, 0.5) is 0 Å². The summed E-state index contributed by atoms with van der Waals surface area (Å²) in [5.41, 5.74) is 4.27. The summed E-state index contributed by atoms with van der Waals surface area (Å²) in [7, 11) is -1.56. The summed E-state index contributed by atoms with van der Waals surface area (Å²) in [4.78, 5) is 5.95. The topological polar surface area (TPSA) is 85.9 Å². The van der Waals surface area contributed by atoms with Crippen molar-refractivity contribution < 1.29 is 18.3 Å². The van der Waals surface area contributed by atoms with E-state index in [0.29, 0.717) is 13.1 Å². The van der Waals surface area contributed by atoms with Gasteiger partial charge < -0.3 is 14.8 Å². The molecule has 5 rings (SSSR count). The zero-order valence-corrected chi connectivity index (χ0v) is 19.9. The van der Waals surface area contributed by atoms with Gasteiger partial charge in [0, 0.05) is 54.3 Å². The number of benzene rings is 2. The molecule has 2 N–H and O–H groups in total. The molecule has 0 amide bonds. The zero-order valence-electron chi connectivity index (χ0n) is 19.1. The number of piperidine rings is 1. The third kappa shape index (κ3) is 3.95. The summed E-state index contributed by atoms with van der Waals surface area (Å²) >= 11 is 0. The summed E-state index contributed by atoms with van der Waals surface area (Å²) < 4.78 is 31.4. The van der Waals surface area contributed by atoms with Crippen LogP contribution in [-0.2, 0) is 22.0 Å². The van der Waals surface area contributed by atoms with Crippen molar-refractivity contribution in [2.45, 2.75) is 30.8 Å². The van der Waals surface area contributed by atoms with Crippen molar-refractivity contribution in [1.29, 1.82) is 0 Å². The highest BCUT2D eigenvalue weighted by Gasteiger charge is 2.48. The monoisotopic (exact) mass is 469 g/mol. The largest absolute Gasteiger partial charge is 0.497 e. The van der Waals surface area contributed by atoms with Crippen LogP contribution >= 0.6 is 0 Å². The number of aromatic nitrogens is 1. The maximum absolute atomic E-state index is 12.2. The van der Waals surface area contributed by atoms with Crippen molar-refractivity contribution in [3.05, 3.63) is 65.4 Å². The van der Waals surface area contributed by atoms with Gasteiger partial charge in [-0.25, -0.2) is 12.7 Å². The van der Waals surface area contributed by atoms with Crippen molar-refractivity contribution in [1.82, 2.24) is 14.2 Å². The Morgan fingerprint density at radius 3 is 2.52 bits per heavy atom. The number of fused-ring (bicyclic) bond motifs is 4. The van der Waals surface area contributed by atoms with Gasteiger partial charge >= 0.3 is 0 Å². The molecule has 8 heteroatoms. The average Bonchev–Trinajstić information content (AvgIpc) is 3.19. The van der Waals surface area contributed by atoms with E-state index in [4.69, 9.17) is 4.74 Å². The van der Waals surface area contributed by atoms with Gasteiger partial charge in [-0.15, -0.1) is 0 Å². The van der Waals surface area contributed by atoms with E-state index in [1.807, 2.05) is 30.3 Å². The Bertz CT molecular complexity index is 1250. The molecule has 2 aromatic carbocycles. The van der Waals surface area contributed by atoms with E-state index in [9.17, 15) is 13.5 Å². The minimum atomic E-state index is -3.22. The van der Waals surface area contributed by atoms with Crippen molar-refractivity contribution >= 4 is 20.9 Å².